The van der Waals surface area contributed by atoms with Crippen LogP contribution in [0.25, 0.3) is 6.08 Å². The molecule has 88 valence electrons. The molecule has 0 radical (unpaired) electrons. The van der Waals surface area contributed by atoms with Crippen molar-refractivity contribution in [2.24, 2.45) is 0 Å². The van der Waals surface area contributed by atoms with Gasteiger partial charge in [-0.15, -0.1) is 0 Å². The second-order valence-corrected chi connectivity index (χ2v) is 5.30. The number of rotatable bonds is 3. The first-order valence-electron chi connectivity index (χ1n) is 5.37. The van der Waals surface area contributed by atoms with Crippen LogP contribution in [0.3, 0.4) is 0 Å². The SMILES string of the molecule is CCCN1C(=O)/C(=C\c2cccnc2)SC1=S. The van der Waals surface area contributed by atoms with Gasteiger partial charge >= 0.3 is 0 Å². The zero-order chi connectivity index (χ0) is 12.3. The van der Waals surface area contributed by atoms with Crippen LogP contribution in [-0.4, -0.2) is 26.7 Å². The zero-order valence-corrected chi connectivity index (χ0v) is 11.1. The number of nitrogens with zero attached hydrogens (tertiary/aromatic N) is 2. The van der Waals surface area contributed by atoms with Crippen LogP contribution in [0.4, 0.5) is 0 Å². The summed E-state index contributed by atoms with van der Waals surface area (Å²) in [6, 6.07) is 3.76. The molecular weight excluding hydrogens is 252 g/mol. The Hall–Kier alpha value is -1.20. The van der Waals surface area contributed by atoms with E-state index in [4.69, 9.17) is 12.2 Å². The Kier molecular flexibility index (Phi) is 3.91. The number of thiocarbonyl (C=S) groups is 1. The summed E-state index contributed by atoms with van der Waals surface area (Å²) < 4.78 is 0.645. The number of aromatic nitrogens is 1. The van der Waals surface area contributed by atoms with Crippen molar-refractivity contribution >= 4 is 40.3 Å². The Balaban J connectivity index is 2.22. The molecule has 2 rings (SSSR count). The maximum atomic E-state index is 12.0. The van der Waals surface area contributed by atoms with Gasteiger partial charge < -0.3 is 0 Å². The summed E-state index contributed by atoms with van der Waals surface area (Å²) in [5.41, 5.74) is 0.921. The van der Waals surface area contributed by atoms with Gasteiger partial charge in [0.15, 0.2) is 0 Å². The van der Waals surface area contributed by atoms with Crippen LogP contribution >= 0.6 is 24.0 Å². The highest BCUT2D eigenvalue weighted by Gasteiger charge is 2.30. The lowest BCUT2D eigenvalue weighted by Gasteiger charge is -2.11. The van der Waals surface area contributed by atoms with E-state index < -0.39 is 0 Å². The Labute approximate surface area is 110 Å². The molecule has 0 atom stereocenters. The highest BCUT2D eigenvalue weighted by atomic mass is 32.2. The third kappa shape index (κ3) is 2.73. The summed E-state index contributed by atoms with van der Waals surface area (Å²) >= 11 is 6.55. The molecule has 3 nitrogen and oxygen atoms in total. The van der Waals surface area contributed by atoms with Crippen molar-refractivity contribution in [3.05, 3.63) is 35.0 Å². The summed E-state index contributed by atoms with van der Waals surface area (Å²) in [5.74, 6) is 0.00528. The first-order chi connectivity index (χ1) is 8.22. The van der Waals surface area contributed by atoms with E-state index in [-0.39, 0.29) is 5.91 Å². The fourth-order valence-corrected chi connectivity index (χ4v) is 2.84. The minimum absolute atomic E-state index is 0.00528. The van der Waals surface area contributed by atoms with E-state index in [2.05, 4.69) is 4.98 Å². The maximum Gasteiger partial charge on any atom is 0.266 e. The Bertz CT molecular complexity index is 471. The lowest BCUT2D eigenvalue weighted by atomic mass is 10.2. The number of pyridine rings is 1. The smallest absolute Gasteiger partial charge is 0.266 e. The topological polar surface area (TPSA) is 33.2 Å². The molecule has 0 bridgehead atoms. The van der Waals surface area contributed by atoms with Gasteiger partial charge in [-0.2, -0.15) is 0 Å². The van der Waals surface area contributed by atoms with Gasteiger partial charge in [-0.1, -0.05) is 37.0 Å². The monoisotopic (exact) mass is 264 g/mol. The van der Waals surface area contributed by atoms with Gasteiger partial charge in [0, 0.05) is 18.9 Å². The van der Waals surface area contributed by atoms with Gasteiger partial charge in [0.05, 0.1) is 4.91 Å². The summed E-state index contributed by atoms with van der Waals surface area (Å²) in [5, 5.41) is 0. The lowest BCUT2D eigenvalue weighted by molar-refractivity contribution is -0.122. The van der Waals surface area contributed by atoms with Gasteiger partial charge in [-0.3, -0.25) is 14.7 Å². The number of hydrogen-bond acceptors (Lipinski definition) is 4. The predicted molar refractivity (Wildman–Crippen MR) is 74.4 cm³/mol. The Morgan fingerprint density at radius 2 is 2.41 bits per heavy atom. The number of thioether (sulfide) groups is 1. The van der Waals surface area contributed by atoms with Crippen molar-refractivity contribution in [1.82, 2.24) is 9.88 Å². The number of hydrogen-bond donors (Lipinski definition) is 0. The third-order valence-electron chi connectivity index (χ3n) is 2.30. The molecule has 1 fully saturated rings. The fourth-order valence-electron chi connectivity index (χ4n) is 1.53. The van der Waals surface area contributed by atoms with Gasteiger partial charge in [0.1, 0.15) is 4.32 Å². The van der Waals surface area contributed by atoms with E-state index in [1.165, 1.54) is 11.8 Å². The summed E-state index contributed by atoms with van der Waals surface area (Å²) in [7, 11) is 0. The molecule has 1 aliphatic rings. The average molecular weight is 264 g/mol. The van der Waals surface area contributed by atoms with Crippen molar-refractivity contribution in [2.45, 2.75) is 13.3 Å². The molecule has 5 heteroatoms. The molecule has 2 heterocycles. The number of carbonyl (C=O) groups is 1. The van der Waals surface area contributed by atoms with E-state index in [1.807, 2.05) is 25.1 Å². The molecule has 0 spiro atoms. The zero-order valence-electron chi connectivity index (χ0n) is 9.42. The molecule has 1 aromatic rings. The van der Waals surface area contributed by atoms with Crippen LogP contribution in [-0.2, 0) is 4.79 Å². The van der Waals surface area contributed by atoms with Crippen LogP contribution in [0.2, 0.25) is 0 Å². The molecule has 0 N–H and O–H groups in total. The third-order valence-corrected chi connectivity index (χ3v) is 3.68. The molecule has 0 saturated carbocycles. The molecular formula is C12H12N2OS2. The largest absolute Gasteiger partial charge is 0.293 e. The van der Waals surface area contributed by atoms with Crippen molar-refractivity contribution in [3.8, 4) is 0 Å². The van der Waals surface area contributed by atoms with Crippen molar-refractivity contribution < 1.29 is 4.79 Å². The maximum absolute atomic E-state index is 12.0. The fraction of sp³-hybridized carbons (Fsp3) is 0.250. The van der Waals surface area contributed by atoms with Crippen LogP contribution < -0.4 is 0 Å². The molecule has 0 unspecified atom stereocenters. The van der Waals surface area contributed by atoms with Crippen LogP contribution in [0.1, 0.15) is 18.9 Å². The molecule has 1 saturated heterocycles. The predicted octanol–water partition coefficient (Wildman–Crippen LogP) is 2.69. The van der Waals surface area contributed by atoms with E-state index in [9.17, 15) is 4.79 Å². The van der Waals surface area contributed by atoms with Crippen molar-refractivity contribution in [3.63, 3.8) is 0 Å². The molecule has 0 aromatic carbocycles. The standard InChI is InChI=1S/C12H12N2OS2/c1-2-6-14-11(15)10(17-12(14)16)7-9-4-3-5-13-8-9/h3-5,7-8H,2,6H2,1H3/b10-7+. The minimum atomic E-state index is 0.00528. The average Bonchev–Trinajstić information content (AvgIpc) is 2.59. The molecule has 0 aliphatic carbocycles. The van der Waals surface area contributed by atoms with Gasteiger partial charge in [-0.05, 0) is 24.1 Å². The molecule has 1 aliphatic heterocycles. The normalized spacial score (nSPS) is 18.2. The second kappa shape index (κ2) is 5.42. The lowest BCUT2D eigenvalue weighted by Crippen LogP contribution is -2.28. The van der Waals surface area contributed by atoms with E-state index >= 15 is 0 Å². The minimum Gasteiger partial charge on any atom is -0.293 e. The molecule has 1 aromatic heterocycles. The highest BCUT2D eigenvalue weighted by Crippen LogP contribution is 2.32. The van der Waals surface area contributed by atoms with E-state index in [0.29, 0.717) is 15.8 Å². The summed E-state index contributed by atoms with van der Waals surface area (Å²) in [4.78, 5) is 18.4. The summed E-state index contributed by atoms with van der Waals surface area (Å²) in [6.07, 6.45) is 6.18. The first kappa shape index (κ1) is 12.3. The number of carbonyl (C=O) groups excluding carboxylic acids is 1. The van der Waals surface area contributed by atoms with E-state index in [0.717, 1.165) is 12.0 Å². The number of amides is 1. The van der Waals surface area contributed by atoms with Crippen LogP contribution in [0.5, 0.6) is 0 Å². The van der Waals surface area contributed by atoms with Gasteiger partial charge in [-0.25, -0.2) is 0 Å². The van der Waals surface area contributed by atoms with E-state index in [1.54, 1.807) is 17.3 Å². The quantitative estimate of drug-likeness (QED) is 0.621. The molecule has 17 heavy (non-hydrogen) atoms. The van der Waals surface area contributed by atoms with Gasteiger partial charge in [0.2, 0.25) is 0 Å². The van der Waals surface area contributed by atoms with Crippen LogP contribution in [0.15, 0.2) is 29.4 Å². The Morgan fingerprint density at radius 1 is 1.59 bits per heavy atom. The van der Waals surface area contributed by atoms with Crippen molar-refractivity contribution in [2.75, 3.05) is 6.54 Å². The second-order valence-electron chi connectivity index (χ2n) is 3.62. The Morgan fingerprint density at radius 3 is 3.06 bits per heavy atom. The highest BCUT2D eigenvalue weighted by molar-refractivity contribution is 8.26. The first-order valence-corrected chi connectivity index (χ1v) is 6.60. The molecule has 1 amide bonds. The van der Waals surface area contributed by atoms with Crippen LogP contribution in [0, 0.1) is 0 Å². The van der Waals surface area contributed by atoms with Crippen molar-refractivity contribution in [1.29, 1.82) is 0 Å². The van der Waals surface area contributed by atoms with Gasteiger partial charge in [0.25, 0.3) is 5.91 Å². The summed E-state index contributed by atoms with van der Waals surface area (Å²) in [6.45, 7) is 2.72.